The Morgan fingerprint density at radius 2 is 1.93 bits per heavy atom. The highest BCUT2D eigenvalue weighted by Crippen LogP contribution is 2.33. The predicted molar refractivity (Wildman–Crippen MR) is 66.8 cm³/mol. The predicted octanol–water partition coefficient (Wildman–Crippen LogP) is 4.10. The molecule has 2 N–H and O–H groups in total. The van der Waals surface area contributed by atoms with E-state index in [2.05, 4.69) is 0 Å². The fourth-order valence-electron chi connectivity index (χ4n) is 1.38. The fourth-order valence-corrected chi connectivity index (χ4v) is 2.55. The highest BCUT2D eigenvalue weighted by Gasteiger charge is 2.14. The van der Waals surface area contributed by atoms with Crippen LogP contribution in [-0.4, -0.2) is 0 Å². The summed E-state index contributed by atoms with van der Waals surface area (Å²) in [6, 6.07) is 9.28. The molecule has 78 valence electrons. The van der Waals surface area contributed by atoms with Crippen LogP contribution in [0, 0.1) is 0 Å². The molecule has 1 aromatic carbocycles. The topological polar surface area (TPSA) is 26.0 Å². The maximum absolute atomic E-state index is 6.10. The van der Waals surface area contributed by atoms with E-state index < -0.39 is 0 Å². The van der Waals surface area contributed by atoms with Crippen molar-refractivity contribution >= 4 is 34.5 Å². The minimum Gasteiger partial charge on any atom is -0.320 e. The summed E-state index contributed by atoms with van der Waals surface area (Å²) in [5.74, 6) is 0. The van der Waals surface area contributed by atoms with Gasteiger partial charge in [0.05, 0.1) is 16.1 Å². The third kappa shape index (κ3) is 2.18. The van der Waals surface area contributed by atoms with E-state index in [-0.39, 0.29) is 6.04 Å². The Labute approximate surface area is 102 Å². The summed E-state index contributed by atoms with van der Waals surface area (Å²) < 4.78 is 0. The van der Waals surface area contributed by atoms with Gasteiger partial charge in [-0.1, -0.05) is 41.4 Å². The molecule has 1 heterocycles. The first-order valence-corrected chi connectivity index (χ1v) is 6.06. The highest BCUT2D eigenvalue weighted by molar-refractivity contribution is 7.10. The third-order valence-electron chi connectivity index (χ3n) is 2.17. The standard InChI is InChI=1S/C11H9Cl2NS/c12-8-4-1-3-7(10(8)13)11(14)9-5-2-6-15-9/h1-6,11H,14H2/t11-/m1/s1. The van der Waals surface area contributed by atoms with E-state index in [9.17, 15) is 0 Å². The molecule has 15 heavy (non-hydrogen) atoms. The second kappa shape index (κ2) is 4.54. The van der Waals surface area contributed by atoms with Gasteiger partial charge in [0, 0.05) is 4.88 Å². The first kappa shape index (κ1) is 11.0. The van der Waals surface area contributed by atoms with Crippen LogP contribution in [0.4, 0.5) is 0 Å². The smallest absolute Gasteiger partial charge is 0.0661 e. The monoisotopic (exact) mass is 257 g/mol. The van der Waals surface area contributed by atoms with E-state index in [0.717, 1.165) is 10.4 Å². The van der Waals surface area contributed by atoms with Gasteiger partial charge in [0.1, 0.15) is 0 Å². The van der Waals surface area contributed by atoms with Crippen LogP contribution < -0.4 is 5.73 Å². The maximum atomic E-state index is 6.10. The van der Waals surface area contributed by atoms with E-state index in [1.54, 1.807) is 17.4 Å². The van der Waals surface area contributed by atoms with Crippen LogP contribution in [0.1, 0.15) is 16.5 Å². The highest BCUT2D eigenvalue weighted by atomic mass is 35.5. The van der Waals surface area contributed by atoms with Gasteiger partial charge in [-0.05, 0) is 23.1 Å². The molecule has 0 saturated heterocycles. The van der Waals surface area contributed by atoms with Crippen LogP contribution in [-0.2, 0) is 0 Å². The molecule has 0 aliphatic rings. The molecular formula is C11H9Cl2NS. The van der Waals surface area contributed by atoms with E-state index in [0.29, 0.717) is 10.0 Å². The van der Waals surface area contributed by atoms with Crippen LogP contribution in [0.2, 0.25) is 10.0 Å². The quantitative estimate of drug-likeness (QED) is 0.862. The summed E-state index contributed by atoms with van der Waals surface area (Å²) in [4.78, 5) is 1.08. The van der Waals surface area contributed by atoms with E-state index in [4.69, 9.17) is 28.9 Å². The Morgan fingerprint density at radius 3 is 2.60 bits per heavy atom. The first-order valence-electron chi connectivity index (χ1n) is 4.43. The molecule has 1 nitrogen and oxygen atoms in total. The Bertz CT molecular complexity index is 454. The van der Waals surface area contributed by atoms with Crippen molar-refractivity contribution in [3.63, 3.8) is 0 Å². The lowest BCUT2D eigenvalue weighted by Gasteiger charge is -2.12. The molecule has 0 aliphatic heterocycles. The molecule has 4 heteroatoms. The summed E-state index contributed by atoms with van der Waals surface area (Å²) in [6.07, 6.45) is 0. The van der Waals surface area contributed by atoms with Gasteiger partial charge in [0.2, 0.25) is 0 Å². The summed E-state index contributed by atoms with van der Waals surface area (Å²) in [5, 5.41) is 3.08. The average Bonchev–Trinajstić information content (AvgIpc) is 2.74. The van der Waals surface area contributed by atoms with Crippen molar-refractivity contribution in [2.24, 2.45) is 5.73 Å². The molecule has 0 fully saturated rings. The number of halogens is 2. The lowest BCUT2D eigenvalue weighted by atomic mass is 10.1. The Kier molecular flexibility index (Phi) is 3.32. The van der Waals surface area contributed by atoms with Crippen molar-refractivity contribution in [3.05, 3.63) is 56.2 Å². The number of benzene rings is 1. The van der Waals surface area contributed by atoms with Crippen molar-refractivity contribution < 1.29 is 0 Å². The SMILES string of the molecule is N[C@@H](c1cccs1)c1cccc(Cl)c1Cl. The molecule has 0 bridgehead atoms. The molecule has 0 unspecified atom stereocenters. The largest absolute Gasteiger partial charge is 0.320 e. The van der Waals surface area contributed by atoms with E-state index in [1.807, 2.05) is 29.6 Å². The second-order valence-electron chi connectivity index (χ2n) is 3.14. The number of hydrogen-bond acceptors (Lipinski definition) is 2. The molecule has 0 aliphatic carbocycles. The van der Waals surface area contributed by atoms with Crippen LogP contribution in [0.3, 0.4) is 0 Å². The lowest BCUT2D eigenvalue weighted by molar-refractivity contribution is 0.894. The lowest BCUT2D eigenvalue weighted by Crippen LogP contribution is -2.10. The summed E-state index contributed by atoms with van der Waals surface area (Å²) in [5.41, 5.74) is 6.97. The van der Waals surface area contributed by atoms with Gasteiger partial charge in [0.15, 0.2) is 0 Å². The van der Waals surface area contributed by atoms with Crippen molar-refractivity contribution in [1.29, 1.82) is 0 Å². The number of hydrogen-bond donors (Lipinski definition) is 1. The number of nitrogens with two attached hydrogens (primary N) is 1. The Morgan fingerprint density at radius 1 is 1.13 bits per heavy atom. The van der Waals surface area contributed by atoms with Gasteiger partial charge in [-0.2, -0.15) is 0 Å². The second-order valence-corrected chi connectivity index (χ2v) is 4.90. The van der Waals surface area contributed by atoms with Gasteiger partial charge in [-0.3, -0.25) is 0 Å². The molecule has 2 aromatic rings. The van der Waals surface area contributed by atoms with Crippen molar-refractivity contribution in [3.8, 4) is 0 Å². The fraction of sp³-hybridized carbons (Fsp3) is 0.0909. The zero-order valence-corrected chi connectivity index (χ0v) is 10.1. The molecule has 1 aromatic heterocycles. The molecular weight excluding hydrogens is 249 g/mol. The molecule has 0 saturated carbocycles. The van der Waals surface area contributed by atoms with Gasteiger partial charge >= 0.3 is 0 Å². The van der Waals surface area contributed by atoms with Crippen LogP contribution >= 0.6 is 34.5 Å². The van der Waals surface area contributed by atoms with Crippen LogP contribution in [0.25, 0.3) is 0 Å². The minimum atomic E-state index is -0.198. The maximum Gasteiger partial charge on any atom is 0.0661 e. The van der Waals surface area contributed by atoms with Gasteiger partial charge in [0.25, 0.3) is 0 Å². The van der Waals surface area contributed by atoms with Gasteiger partial charge in [-0.15, -0.1) is 11.3 Å². The number of thiophene rings is 1. The molecule has 2 rings (SSSR count). The zero-order chi connectivity index (χ0) is 10.8. The average molecular weight is 258 g/mol. The van der Waals surface area contributed by atoms with E-state index in [1.165, 1.54) is 0 Å². The molecule has 0 spiro atoms. The summed E-state index contributed by atoms with van der Waals surface area (Å²) >= 11 is 13.6. The third-order valence-corrected chi connectivity index (χ3v) is 3.96. The minimum absolute atomic E-state index is 0.198. The zero-order valence-electron chi connectivity index (χ0n) is 7.78. The normalized spacial score (nSPS) is 12.7. The summed E-state index contributed by atoms with van der Waals surface area (Å²) in [6.45, 7) is 0. The Hall–Kier alpha value is -0.540. The van der Waals surface area contributed by atoms with E-state index >= 15 is 0 Å². The summed E-state index contributed by atoms with van der Waals surface area (Å²) in [7, 11) is 0. The van der Waals surface area contributed by atoms with Crippen molar-refractivity contribution in [2.45, 2.75) is 6.04 Å². The molecule has 0 amide bonds. The number of rotatable bonds is 2. The van der Waals surface area contributed by atoms with Crippen molar-refractivity contribution in [2.75, 3.05) is 0 Å². The van der Waals surface area contributed by atoms with Crippen molar-refractivity contribution in [1.82, 2.24) is 0 Å². The Balaban J connectivity index is 2.42. The van der Waals surface area contributed by atoms with Crippen LogP contribution in [0.5, 0.6) is 0 Å². The first-order chi connectivity index (χ1) is 7.20. The van der Waals surface area contributed by atoms with Crippen LogP contribution in [0.15, 0.2) is 35.7 Å². The molecule has 1 atom stereocenters. The van der Waals surface area contributed by atoms with Gasteiger partial charge < -0.3 is 5.73 Å². The molecule has 0 radical (unpaired) electrons. The van der Waals surface area contributed by atoms with Gasteiger partial charge in [-0.25, -0.2) is 0 Å².